The summed E-state index contributed by atoms with van der Waals surface area (Å²) < 4.78 is 11.4. The van der Waals surface area contributed by atoms with E-state index in [4.69, 9.17) is 20.9 Å². The summed E-state index contributed by atoms with van der Waals surface area (Å²) in [5.41, 5.74) is 2.92. The summed E-state index contributed by atoms with van der Waals surface area (Å²) in [6.45, 7) is 5.75. The molecule has 3 amide bonds. The van der Waals surface area contributed by atoms with Crippen molar-refractivity contribution in [3.05, 3.63) is 83.0 Å². The third kappa shape index (κ3) is 7.09. The highest BCUT2D eigenvalue weighted by molar-refractivity contribution is 6.30. The number of carbonyl (C=O) groups excluding carboxylic acids is 2. The first-order chi connectivity index (χ1) is 19.4. The number of carbonyl (C=O) groups is 2. The highest BCUT2D eigenvalue weighted by Gasteiger charge is 2.18. The maximum atomic E-state index is 13.2. The topological polar surface area (TPSA) is 112 Å². The van der Waals surface area contributed by atoms with E-state index < -0.39 is 0 Å². The van der Waals surface area contributed by atoms with Crippen molar-refractivity contribution in [2.45, 2.75) is 6.54 Å². The van der Waals surface area contributed by atoms with Gasteiger partial charge in [-0.3, -0.25) is 9.69 Å². The number of rotatable bonds is 9. The van der Waals surface area contributed by atoms with E-state index in [1.54, 1.807) is 48.5 Å². The number of fused-ring (bicyclic) bond motifs is 1. The van der Waals surface area contributed by atoms with E-state index in [1.807, 2.05) is 12.1 Å². The molecule has 0 unspecified atom stereocenters. The van der Waals surface area contributed by atoms with Crippen LogP contribution in [0.4, 0.5) is 16.2 Å². The Morgan fingerprint density at radius 2 is 1.80 bits per heavy atom. The van der Waals surface area contributed by atoms with E-state index in [2.05, 4.69) is 38.0 Å². The number of likely N-dealkylation sites (N-methyl/N-ethyl adjacent to an activating group) is 1. The Hall–Kier alpha value is -4.12. The van der Waals surface area contributed by atoms with Gasteiger partial charge in [0.2, 0.25) is 5.58 Å². The minimum absolute atomic E-state index is 0.277. The Balaban J connectivity index is 1.17. The number of ether oxygens (including phenoxy) is 1. The van der Waals surface area contributed by atoms with Crippen molar-refractivity contribution in [2.24, 2.45) is 0 Å². The molecule has 0 spiro atoms. The predicted molar refractivity (Wildman–Crippen MR) is 155 cm³/mol. The van der Waals surface area contributed by atoms with Crippen LogP contribution >= 0.6 is 11.6 Å². The SMILES string of the molecule is CN1CCN(CCOc2ccc(C(=O)Nc3cccc(CNC(=O)Nc4ccc(Cl)cc4)c3)c3cnoc23)CC1. The van der Waals surface area contributed by atoms with Crippen molar-refractivity contribution in [1.29, 1.82) is 0 Å². The quantitative estimate of drug-likeness (QED) is 0.271. The summed E-state index contributed by atoms with van der Waals surface area (Å²) in [6.07, 6.45) is 1.53. The number of nitrogens with zero attached hydrogens (tertiary/aromatic N) is 3. The Morgan fingerprint density at radius 3 is 2.60 bits per heavy atom. The van der Waals surface area contributed by atoms with Crippen molar-refractivity contribution in [3.8, 4) is 5.75 Å². The molecule has 3 N–H and O–H groups in total. The van der Waals surface area contributed by atoms with Crippen LogP contribution < -0.4 is 20.7 Å². The average Bonchev–Trinajstić information content (AvgIpc) is 3.45. The van der Waals surface area contributed by atoms with Gasteiger partial charge in [-0.1, -0.05) is 28.9 Å². The zero-order chi connectivity index (χ0) is 27.9. The Labute approximate surface area is 237 Å². The molecule has 11 heteroatoms. The van der Waals surface area contributed by atoms with Crippen LogP contribution in [0.1, 0.15) is 15.9 Å². The molecule has 1 aliphatic heterocycles. The van der Waals surface area contributed by atoms with Gasteiger partial charge in [-0.25, -0.2) is 4.79 Å². The lowest BCUT2D eigenvalue weighted by Gasteiger charge is -2.32. The molecular formula is C29H31ClN6O4. The van der Waals surface area contributed by atoms with E-state index in [1.165, 1.54) is 6.20 Å². The highest BCUT2D eigenvalue weighted by Crippen LogP contribution is 2.29. The van der Waals surface area contributed by atoms with Gasteiger partial charge >= 0.3 is 6.03 Å². The van der Waals surface area contributed by atoms with Crippen molar-refractivity contribution in [2.75, 3.05) is 57.0 Å². The van der Waals surface area contributed by atoms with Gasteiger partial charge in [-0.05, 0) is 61.1 Å². The van der Waals surface area contributed by atoms with Gasteiger partial charge in [0.25, 0.3) is 5.91 Å². The summed E-state index contributed by atoms with van der Waals surface area (Å²) in [5.74, 6) is 0.255. The monoisotopic (exact) mass is 562 g/mol. The maximum absolute atomic E-state index is 13.2. The number of benzene rings is 3. The Morgan fingerprint density at radius 1 is 1.00 bits per heavy atom. The molecular weight excluding hydrogens is 532 g/mol. The van der Waals surface area contributed by atoms with E-state index >= 15 is 0 Å². The molecule has 0 saturated carbocycles. The molecule has 2 heterocycles. The number of halogens is 1. The van der Waals surface area contributed by atoms with E-state index in [0.29, 0.717) is 45.3 Å². The summed E-state index contributed by atoms with van der Waals surface area (Å²) in [7, 11) is 2.13. The minimum Gasteiger partial charge on any atom is -0.488 e. The summed E-state index contributed by atoms with van der Waals surface area (Å²) in [5, 5.41) is 13.5. The molecule has 10 nitrogen and oxygen atoms in total. The average molecular weight is 563 g/mol. The van der Waals surface area contributed by atoms with Crippen LogP contribution in [0.3, 0.4) is 0 Å². The first-order valence-corrected chi connectivity index (χ1v) is 13.4. The normalized spacial score (nSPS) is 14.2. The van der Waals surface area contributed by atoms with Crippen molar-refractivity contribution in [1.82, 2.24) is 20.3 Å². The second-order valence-electron chi connectivity index (χ2n) is 9.64. The fourth-order valence-corrected chi connectivity index (χ4v) is 4.58. The van der Waals surface area contributed by atoms with Crippen LogP contribution in [-0.4, -0.2) is 73.3 Å². The van der Waals surface area contributed by atoms with Crippen LogP contribution in [0.25, 0.3) is 11.0 Å². The third-order valence-corrected chi connectivity index (χ3v) is 6.98. The molecule has 1 aliphatic rings. The number of hydrogen-bond acceptors (Lipinski definition) is 7. The fourth-order valence-electron chi connectivity index (χ4n) is 4.45. The van der Waals surface area contributed by atoms with Gasteiger partial charge in [-0.15, -0.1) is 0 Å². The summed E-state index contributed by atoms with van der Waals surface area (Å²) >= 11 is 5.88. The first kappa shape index (κ1) is 27.4. The van der Waals surface area contributed by atoms with E-state index in [-0.39, 0.29) is 18.5 Å². The lowest BCUT2D eigenvalue weighted by molar-refractivity contribution is 0.102. The largest absolute Gasteiger partial charge is 0.488 e. The maximum Gasteiger partial charge on any atom is 0.319 e. The highest BCUT2D eigenvalue weighted by atomic mass is 35.5. The van der Waals surface area contributed by atoms with Gasteiger partial charge in [-0.2, -0.15) is 0 Å². The Kier molecular flexibility index (Phi) is 8.80. The van der Waals surface area contributed by atoms with Crippen LogP contribution in [0.5, 0.6) is 5.75 Å². The molecule has 1 saturated heterocycles. The molecule has 0 aliphatic carbocycles. The van der Waals surface area contributed by atoms with Crippen LogP contribution in [0.15, 0.2) is 71.4 Å². The van der Waals surface area contributed by atoms with Gasteiger partial charge in [0.05, 0.1) is 17.1 Å². The van der Waals surface area contributed by atoms with Gasteiger partial charge in [0.15, 0.2) is 5.75 Å². The summed E-state index contributed by atoms with van der Waals surface area (Å²) in [4.78, 5) is 30.1. The number of piperazine rings is 1. The first-order valence-electron chi connectivity index (χ1n) is 13.1. The number of urea groups is 1. The third-order valence-electron chi connectivity index (χ3n) is 6.73. The molecule has 0 atom stereocenters. The standard InChI is InChI=1S/C29H31ClN6O4/c1-35-11-13-36(14-12-35)15-16-39-26-10-9-24(25-19-32-40-27(25)26)28(37)33-23-4-2-3-20(17-23)18-31-29(38)34-22-7-5-21(30)6-8-22/h2-10,17,19H,11-16,18H2,1H3,(H,33,37)(H2,31,34,38). The van der Waals surface area contributed by atoms with Crippen LogP contribution in [-0.2, 0) is 6.54 Å². The molecule has 0 radical (unpaired) electrons. The zero-order valence-corrected chi connectivity index (χ0v) is 22.9. The molecule has 3 aromatic carbocycles. The number of anilines is 2. The molecule has 40 heavy (non-hydrogen) atoms. The number of nitrogens with one attached hydrogen (secondary N) is 3. The molecule has 1 aromatic heterocycles. The second kappa shape index (κ2) is 12.8. The van der Waals surface area contributed by atoms with Crippen molar-refractivity contribution >= 4 is 45.9 Å². The van der Waals surface area contributed by atoms with Crippen LogP contribution in [0.2, 0.25) is 5.02 Å². The number of hydrogen-bond donors (Lipinski definition) is 3. The summed E-state index contributed by atoms with van der Waals surface area (Å²) in [6, 6.07) is 17.2. The lowest BCUT2D eigenvalue weighted by Crippen LogP contribution is -2.45. The number of amides is 3. The minimum atomic E-state index is -0.350. The van der Waals surface area contributed by atoms with Gasteiger partial charge in [0.1, 0.15) is 6.61 Å². The molecule has 0 bridgehead atoms. The van der Waals surface area contributed by atoms with E-state index in [0.717, 1.165) is 38.3 Å². The Bertz CT molecular complexity index is 1470. The van der Waals surface area contributed by atoms with Crippen molar-refractivity contribution < 1.29 is 18.8 Å². The van der Waals surface area contributed by atoms with Crippen LogP contribution in [0, 0.1) is 0 Å². The molecule has 4 aromatic rings. The molecule has 5 rings (SSSR count). The second-order valence-corrected chi connectivity index (χ2v) is 10.1. The van der Waals surface area contributed by atoms with E-state index in [9.17, 15) is 9.59 Å². The van der Waals surface area contributed by atoms with Gasteiger partial charge < -0.3 is 30.1 Å². The smallest absolute Gasteiger partial charge is 0.319 e. The van der Waals surface area contributed by atoms with Crippen molar-refractivity contribution in [3.63, 3.8) is 0 Å². The molecule has 208 valence electrons. The molecule has 1 fully saturated rings. The fraction of sp³-hybridized carbons (Fsp3) is 0.276. The zero-order valence-electron chi connectivity index (χ0n) is 22.2. The predicted octanol–water partition coefficient (Wildman–Crippen LogP) is 4.68. The number of aromatic nitrogens is 1. The van der Waals surface area contributed by atoms with Gasteiger partial charge in [0, 0.05) is 55.7 Å². The lowest BCUT2D eigenvalue weighted by atomic mass is 10.1.